The largest absolute Gasteiger partial charge is 0.383 e. The summed E-state index contributed by atoms with van der Waals surface area (Å²) in [5.41, 5.74) is 1.11. The molecule has 2 heterocycles. The zero-order valence-corrected chi connectivity index (χ0v) is 15.5. The van der Waals surface area contributed by atoms with Crippen LogP contribution in [0.3, 0.4) is 0 Å². The van der Waals surface area contributed by atoms with Crippen LogP contribution in [0.4, 0.5) is 0 Å². The molecule has 0 unspecified atom stereocenters. The van der Waals surface area contributed by atoms with Gasteiger partial charge < -0.3 is 4.74 Å². The van der Waals surface area contributed by atoms with Gasteiger partial charge in [0.25, 0.3) is 0 Å². The van der Waals surface area contributed by atoms with Crippen LogP contribution in [0.1, 0.15) is 31.2 Å². The maximum absolute atomic E-state index is 12.4. The fraction of sp³-hybridized carbons (Fsp3) is 0.667. The summed E-state index contributed by atoms with van der Waals surface area (Å²) in [7, 11) is -1.58. The molecule has 0 aromatic heterocycles. The molecule has 0 aliphatic carbocycles. The number of nitrogens with zero attached hydrogens (tertiary/aromatic N) is 2. The van der Waals surface area contributed by atoms with Crippen molar-refractivity contribution in [3.63, 3.8) is 0 Å². The molecule has 2 aliphatic heterocycles. The van der Waals surface area contributed by atoms with E-state index in [2.05, 4.69) is 29.2 Å². The molecule has 2 aliphatic rings. The third-order valence-electron chi connectivity index (χ3n) is 5.49. The minimum absolute atomic E-state index is 0.00864. The summed E-state index contributed by atoms with van der Waals surface area (Å²) in [6.45, 7) is 3.32. The van der Waals surface area contributed by atoms with Gasteiger partial charge in [0.15, 0.2) is 0 Å². The molecule has 0 amide bonds. The Morgan fingerprint density at radius 1 is 1.17 bits per heavy atom. The number of likely N-dealkylation sites (tertiary alicyclic amines) is 1. The topological polar surface area (TPSA) is 49.9 Å². The second-order valence-electron chi connectivity index (χ2n) is 7.19. The molecular formula is C18H28N2O3S. The van der Waals surface area contributed by atoms with Gasteiger partial charge in [-0.2, -0.15) is 4.31 Å². The molecule has 0 saturated carbocycles. The number of sulfonamides is 1. The van der Waals surface area contributed by atoms with Gasteiger partial charge in [-0.3, -0.25) is 4.90 Å². The summed E-state index contributed by atoms with van der Waals surface area (Å²) in [4.78, 5) is 2.44. The third kappa shape index (κ3) is 3.67. The molecule has 6 heteroatoms. The Morgan fingerprint density at radius 2 is 1.83 bits per heavy atom. The summed E-state index contributed by atoms with van der Waals surface area (Å²) in [5.74, 6) is 0. The standard InChI is InChI=1S/C18H28N2O3S/c1-23-15-17-8-9-18(20(17)24(2,21)22)10-12-19(13-11-18)14-16-6-4-3-5-7-16/h3-7,17H,8-15H2,1-2H3/t17-/m1/s1. The normalized spacial score (nSPS) is 25.3. The Bertz CT molecular complexity index is 639. The van der Waals surface area contributed by atoms with E-state index in [0.29, 0.717) is 6.61 Å². The van der Waals surface area contributed by atoms with Crippen molar-refractivity contribution in [2.75, 3.05) is 33.1 Å². The Labute approximate surface area is 145 Å². The first-order valence-corrected chi connectivity index (χ1v) is 10.5. The van der Waals surface area contributed by atoms with Gasteiger partial charge in [-0.1, -0.05) is 30.3 Å². The van der Waals surface area contributed by atoms with Crippen molar-refractivity contribution in [2.24, 2.45) is 0 Å². The van der Waals surface area contributed by atoms with E-state index in [1.54, 1.807) is 11.4 Å². The van der Waals surface area contributed by atoms with Gasteiger partial charge >= 0.3 is 0 Å². The summed E-state index contributed by atoms with van der Waals surface area (Å²) >= 11 is 0. The highest BCUT2D eigenvalue weighted by Crippen LogP contribution is 2.43. The van der Waals surface area contributed by atoms with Crippen LogP contribution in [-0.4, -0.2) is 62.3 Å². The van der Waals surface area contributed by atoms with Gasteiger partial charge in [0, 0.05) is 38.3 Å². The number of benzene rings is 1. The van der Waals surface area contributed by atoms with Crippen LogP contribution in [0.15, 0.2) is 30.3 Å². The minimum atomic E-state index is -3.22. The predicted octanol–water partition coefficient (Wildman–Crippen LogP) is 2.09. The zero-order valence-electron chi connectivity index (χ0n) is 14.6. The second kappa shape index (κ2) is 7.12. The summed E-state index contributed by atoms with van der Waals surface area (Å²) in [6.07, 6.45) is 5.02. The average Bonchev–Trinajstić information content (AvgIpc) is 2.90. The van der Waals surface area contributed by atoms with Crippen molar-refractivity contribution < 1.29 is 13.2 Å². The molecular weight excluding hydrogens is 324 g/mol. The molecule has 134 valence electrons. The summed E-state index contributed by atoms with van der Waals surface area (Å²) in [5, 5.41) is 0. The number of ether oxygens (including phenoxy) is 1. The van der Waals surface area contributed by atoms with Crippen molar-refractivity contribution >= 4 is 10.0 Å². The maximum atomic E-state index is 12.4. The van der Waals surface area contributed by atoms with Crippen LogP contribution < -0.4 is 0 Å². The molecule has 0 N–H and O–H groups in total. The van der Waals surface area contributed by atoms with Crippen LogP contribution in [0.2, 0.25) is 0 Å². The van der Waals surface area contributed by atoms with Crippen molar-refractivity contribution in [3.8, 4) is 0 Å². The summed E-state index contributed by atoms with van der Waals surface area (Å²) in [6, 6.07) is 10.5. The monoisotopic (exact) mass is 352 g/mol. The van der Waals surface area contributed by atoms with Crippen LogP contribution in [0.5, 0.6) is 0 Å². The van der Waals surface area contributed by atoms with E-state index >= 15 is 0 Å². The fourth-order valence-electron chi connectivity index (χ4n) is 4.46. The number of hydrogen-bond donors (Lipinski definition) is 0. The lowest BCUT2D eigenvalue weighted by atomic mass is 9.86. The summed E-state index contributed by atoms with van der Waals surface area (Å²) < 4.78 is 31.9. The SMILES string of the molecule is COC[C@H]1CCC2(CCN(Cc3ccccc3)CC2)N1S(C)(=O)=O. The molecule has 0 bridgehead atoms. The lowest BCUT2D eigenvalue weighted by Gasteiger charge is -2.45. The van der Waals surface area contributed by atoms with Crippen LogP contribution in [0.25, 0.3) is 0 Å². The molecule has 5 nitrogen and oxygen atoms in total. The lowest BCUT2D eigenvalue weighted by Crippen LogP contribution is -2.56. The molecule has 0 radical (unpaired) electrons. The quantitative estimate of drug-likeness (QED) is 0.814. The molecule has 24 heavy (non-hydrogen) atoms. The third-order valence-corrected chi connectivity index (χ3v) is 6.89. The smallest absolute Gasteiger partial charge is 0.212 e. The number of methoxy groups -OCH3 is 1. The first-order chi connectivity index (χ1) is 11.4. The van der Waals surface area contributed by atoms with Crippen molar-refractivity contribution in [1.29, 1.82) is 0 Å². The molecule has 3 rings (SSSR count). The van der Waals surface area contributed by atoms with E-state index in [1.807, 2.05) is 6.07 Å². The van der Waals surface area contributed by atoms with Gasteiger partial charge in [-0.05, 0) is 31.2 Å². The Hall–Kier alpha value is -0.950. The van der Waals surface area contributed by atoms with Crippen molar-refractivity contribution in [1.82, 2.24) is 9.21 Å². The Balaban J connectivity index is 1.69. The molecule has 2 fully saturated rings. The molecule has 1 spiro atoms. The molecule has 1 aromatic carbocycles. The van der Waals surface area contributed by atoms with E-state index < -0.39 is 10.0 Å². The maximum Gasteiger partial charge on any atom is 0.212 e. The van der Waals surface area contributed by atoms with Crippen LogP contribution >= 0.6 is 0 Å². The van der Waals surface area contributed by atoms with Crippen LogP contribution in [0, 0.1) is 0 Å². The number of piperidine rings is 1. The van der Waals surface area contributed by atoms with Crippen LogP contribution in [-0.2, 0) is 21.3 Å². The van der Waals surface area contributed by atoms with E-state index in [4.69, 9.17) is 4.74 Å². The van der Waals surface area contributed by atoms with E-state index in [-0.39, 0.29) is 11.6 Å². The average molecular weight is 353 g/mol. The number of rotatable bonds is 5. The van der Waals surface area contributed by atoms with E-state index in [0.717, 1.165) is 45.3 Å². The van der Waals surface area contributed by atoms with Crippen molar-refractivity contribution in [3.05, 3.63) is 35.9 Å². The highest BCUT2D eigenvalue weighted by Gasteiger charge is 2.51. The van der Waals surface area contributed by atoms with Gasteiger partial charge in [0.05, 0.1) is 12.9 Å². The van der Waals surface area contributed by atoms with Gasteiger partial charge in [-0.15, -0.1) is 0 Å². The molecule has 2 saturated heterocycles. The van der Waals surface area contributed by atoms with Gasteiger partial charge in [0.1, 0.15) is 0 Å². The lowest BCUT2D eigenvalue weighted by molar-refractivity contribution is 0.0658. The van der Waals surface area contributed by atoms with E-state index in [9.17, 15) is 8.42 Å². The van der Waals surface area contributed by atoms with E-state index in [1.165, 1.54) is 11.8 Å². The molecule has 1 atom stereocenters. The first kappa shape index (κ1) is 17.9. The highest BCUT2D eigenvalue weighted by atomic mass is 32.2. The predicted molar refractivity (Wildman–Crippen MR) is 95.3 cm³/mol. The molecule has 1 aromatic rings. The Morgan fingerprint density at radius 3 is 2.42 bits per heavy atom. The zero-order chi connectivity index (χ0) is 17.2. The first-order valence-electron chi connectivity index (χ1n) is 8.69. The number of hydrogen-bond acceptors (Lipinski definition) is 4. The minimum Gasteiger partial charge on any atom is -0.383 e. The Kier molecular flexibility index (Phi) is 5.30. The van der Waals surface area contributed by atoms with Gasteiger partial charge in [0.2, 0.25) is 10.0 Å². The van der Waals surface area contributed by atoms with Gasteiger partial charge in [-0.25, -0.2) is 8.42 Å². The fourth-order valence-corrected chi connectivity index (χ4v) is 6.14. The second-order valence-corrected chi connectivity index (χ2v) is 9.05. The van der Waals surface area contributed by atoms with Crippen molar-refractivity contribution in [2.45, 2.75) is 43.8 Å². The highest BCUT2D eigenvalue weighted by molar-refractivity contribution is 7.88.